The van der Waals surface area contributed by atoms with Gasteiger partial charge in [-0.25, -0.2) is 0 Å². The van der Waals surface area contributed by atoms with Crippen LogP contribution in [-0.2, 0) is 5.41 Å². The molecule has 6 aromatic carbocycles. The summed E-state index contributed by atoms with van der Waals surface area (Å²) in [5.74, 6) is 0.948. The zero-order valence-corrected chi connectivity index (χ0v) is 27.8. The molecule has 0 radical (unpaired) electrons. The molecule has 4 heteroatoms. The number of fused-ring (bicyclic) bond motifs is 6. The van der Waals surface area contributed by atoms with E-state index in [2.05, 4.69) is 181 Å². The van der Waals surface area contributed by atoms with Crippen molar-refractivity contribution in [1.82, 2.24) is 0 Å². The monoisotopic (exact) mass is 625 g/mol. The van der Waals surface area contributed by atoms with Gasteiger partial charge < -0.3 is 19.4 Å². The molecule has 3 aliphatic rings. The number of anilines is 7. The first kappa shape index (κ1) is 28.7. The normalized spacial score (nSPS) is 18.9. The van der Waals surface area contributed by atoms with Crippen LogP contribution in [0.3, 0.4) is 0 Å². The first-order chi connectivity index (χ1) is 23.4. The number of hydrogen-bond donors (Lipinski definition) is 0. The van der Waals surface area contributed by atoms with Crippen LogP contribution in [0.5, 0.6) is 5.75 Å². The second-order valence-corrected chi connectivity index (χ2v) is 14.2. The molecule has 236 valence electrons. The Hall–Kier alpha value is -5.48. The van der Waals surface area contributed by atoms with Crippen molar-refractivity contribution < 1.29 is 4.74 Å². The number of methoxy groups -OCH3 is 1. The maximum atomic E-state index is 6.11. The van der Waals surface area contributed by atoms with E-state index < -0.39 is 0 Å². The van der Waals surface area contributed by atoms with Crippen LogP contribution in [-0.4, -0.2) is 13.2 Å². The fourth-order valence-electron chi connectivity index (χ4n) is 8.41. The molecule has 0 spiro atoms. The number of para-hydroxylation sites is 4. The summed E-state index contributed by atoms with van der Waals surface area (Å²) >= 11 is 0. The second-order valence-electron chi connectivity index (χ2n) is 14.2. The Bertz CT molecular complexity index is 2140. The summed E-state index contributed by atoms with van der Waals surface area (Å²) < 4.78 is 6.11. The van der Waals surface area contributed by atoms with Crippen LogP contribution in [0.2, 0.25) is 0 Å². The molecule has 0 N–H and O–H groups in total. The SMILES string of the molecule is COc1cc2c3c(c1)N(c1ccccc1)C1c4ccccc4N(c4ccccc4)C1C3c1ccccc1N2c1ccc(C(C)(C)C)cc1. The Labute approximate surface area is 283 Å². The predicted octanol–water partition coefficient (Wildman–Crippen LogP) is 11.3. The van der Waals surface area contributed by atoms with Gasteiger partial charge in [0.05, 0.1) is 36.3 Å². The van der Waals surface area contributed by atoms with E-state index in [1.54, 1.807) is 7.11 Å². The van der Waals surface area contributed by atoms with Crippen LogP contribution in [0.25, 0.3) is 0 Å². The topological polar surface area (TPSA) is 19.0 Å². The molecule has 3 aliphatic heterocycles. The average molecular weight is 626 g/mol. The first-order valence-electron chi connectivity index (χ1n) is 16.9. The van der Waals surface area contributed by atoms with Gasteiger partial charge in [0.1, 0.15) is 5.75 Å². The Morgan fingerprint density at radius 3 is 1.73 bits per heavy atom. The Balaban J connectivity index is 1.37. The highest BCUT2D eigenvalue weighted by Gasteiger charge is 2.54. The first-order valence-corrected chi connectivity index (χ1v) is 16.9. The van der Waals surface area contributed by atoms with Crippen molar-refractivity contribution in [2.24, 2.45) is 0 Å². The highest BCUT2D eigenvalue weighted by molar-refractivity contribution is 5.94. The third kappa shape index (κ3) is 4.22. The van der Waals surface area contributed by atoms with E-state index in [1.165, 1.54) is 56.4 Å². The molecule has 0 saturated carbocycles. The molecule has 0 aliphatic carbocycles. The minimum Gasteiger partial charge on any atom is -0.497 e. The van der Waals surface area contributed by atoms with Crippen LogP contribution < -0.4 is 19.4 Å². The quantitative estimate of drug-likeness (QED) is 0.194. The maximum Gasteiger partial charge on any atom is 0.123 e. The van der Waals surface area contributed by atoms with Crippen molar-refractivity contribution >= 4 is 39.8 Å². The number of ether oxygens (including phenoxy) is 1. The highest BCUT2D eigenvalue weighted by Crippen LogP contribution is 2.65. The molecule has 0 saturated heterocycles. The minimum atomic E-state index is 0.0620. The van der Waals surface area contributed by atoms with Gasteiger partial charge in [0.25, 0.3) is 0 Å². The number of rotatable bonds is 4. The smallest absolute Gasteiger partial charge is 0.123 e. The third-order valence-corrected chi connectivity index (χ3v) is 10.5. The molecule has 0 aromatic heterocycles. The second kappa shape index (κ2) is 10.8. The molecule has 6 aromatic rings. The summed E-state index contributed by atoms with van der Waals surface area (Å²) in [7, 11) is 1.78. The highest BCUT2D eigenvalue weighted by atomic mass is 16.5. The molecule has 3 heterocycles. The summed E-state index contributed by atoms with van der Waals surface area (Å²) in [6.07, 6.45) is 0. The molecule has 4 nitrogen and oxygen atoms in total. The van der Waals surface area contributed by atoms with Gasteiger partial charge >= 0.3 is 0 Å². The van der Waals surface area contributed by atoms with E-state index >= 15 is 0 Å². The molecule has 3 unspecified atom stereocenters. The lowest BCUT2D eigenvalue weighted by molar-refractivity contribution is 0.413. The third-order valence-electron chi connectivity index (χ3n) is 10.5. The minimum absolute atomic E-state index is 0.0620. The number of nitrogens with zero attached hydrogens (tertiary/aromatic N) is 3. The Morgan fingerprint density at radius 1 is 0.521 bits per heavy atom. The van der Waals surface area contributed by atoms with Crippen LogP contribution >= 0.6 is 0 Å². The molecule has 3 atom stereocenters. The van der Waals surface area contributed by atoms with E-state index in [-0.39, 0.29) is 23.4 Å². The van der Waals surface area contributed by atoms with Crippen molar-refractivity contribution in [3.63, 3.8) is 0 Å². The van der Waals surface area contributed by atoms with Gasteiger partial charge in [-0.3, -0.25) is 0 Å². The van der Waals surface area contributed by atoms with Gasteiger partial charge in [-0.2, -0.15) is 0 Å². The van der Waals surface area contributed by atoms with Gasteiger partial charge in [-0.05, 0) is 65.1 Å². The lowest BCUT2D eigenvalue weighted by Gasteiger charge is -2.51. The summed E-state index contributed by atoms with van der Waals surface area (Å²) in [6, 6.07) is 53.7. The van der Waals surface area contributed by atoms with Gasteiger partial charge in [0.15, 0.2) is 0 Å². The summed E-state index contributed by atoms with van der Waals surface area (Å²) in [4.78, 5) is 7.65. The summed E-state index contributed by atoms with van der Waals surface area (Å²) in [5, 5.41) is 0. The van der Waals surface area contributed by atoms with Crippen molar-refractivity contribution in [3.05, 3.63) is 168 Å². The Kier molecular flexibility index (Phi) is 6.45. The van der Waals surface area contributed by atoms with E-state index in [0.29, 0.717) is 0 Å². The van der Waals surface area contributed by atoms with Crippen LogP contribution in [0.1, 0.15) is 55.0 Å². The zero-order chi connectivity index (χ0) is 32.6. The van der Waals surface area contributed by atoms with Gasteiger partial charge in [-0.1, -0.05) is 106 Å². The summed E-state index contributed by atoms with van der Waals surface area (Å²) in [6.45, 7) is 6.82. The molecule has 9 rings (SSSR count). The lowest BCUT2D eigenvalue weighted by atomic mass is 9.72. The predicted molar refractivity (Wildman–Crippen MR) is 198 cm³/mol. The van der Waals surface area contributed by atoms with Crippen LogP contribution in [0.4, 0.5) is 39.8 Å². The molecular formula is C44H39N3O. The zero-order valence-electron chi connectivity index (χ0n) is 27.8. The van der Waals surface area contributed by atoms with E-state index in [4.69, 9.17) is 4.74 Å². The van der Waals surface area contributed by atoms with Gasteiger partial charge in [-0.15, -0.1) is 0 Å². The van der Waals surface area contributed by atoms with E-state index in [0.717, 1.165) is 11.4 Å². The van der Waals surface area contributed by atoms with Gasteiger partial charge in [0, 0.05) is 51.9 Å². The molecule has 48 heavy (non-hydrogen) atoms. The fourth-order valence-corrected chi connectivity index (χ4v) is 8.41. The average Bonchev–Trinajstić information content (AvgIpc) is 3.46. The molecular weight excluding hydrogens is 587 g/mol. The van der Waals surface area contributed by atoms with Crippen LogP contribution in [0, 0.1) is 0 Å². The molecule has 0 fully saturated rings. The maximum absolute atomic E-state index is 6.11. The van der Waals surface area contributed by atoms with E-state index in [9.17, 15) is 0 Å². The molecule has 0 amide bonds. The number of hydrogen-bond acceptors (Lipinski definition) is 4. The van der Waals surface area contributed by atoms with Crippen molar-refractivity contribution in [2.45, 2.75) is 44.2 Å². The van der Waals surface area contributed by atoms with E-state index in [1.807, 2.05) is 0 Å². The lowest BCUT2D eigenvalue weighted by Crippen LogP contribution is -2.48. The largest absolute Gasteiger partial charge is 0.497 e. The number of benzene rings is 6. The van der Waals surface area contributed by atoms with Crippen LogP contribution in [0.15, 0.2) is 146 Å². The van der Waals surface area contributed by atoms with Gasteiger partial charge in [0.2, 0.25) is 0 Å². The fraction of sp³-hybridized carbons (Fsp3) is 0.182. The Morgan fingerprint density at radius 2 is 1.08 bits per heavy atom. The summed E-state index contributed by atoms with van der Waals surface area (Å²) in [5.41, 5.74) is 13.8. The molecule has 0 bridgehead atoms. The van der Waals surface area contributed by atoms with Crippen molar-refractivity contribution in [2.75, 3.05) is 21.8 Å². The standard InChI is InChI=1S/C44H39N3O/c1-44(2,3)29-23-25-32(26-24-29)45-36-21-13-11-19-34(36)40-41-38(45)27-33(48-4)28-39(41)47(31-17-9-6-10-18-31)42-35-20-12-14-22-37(35)46(43(40)42)30-15-7-5-8-16-30/h5-28,40,42-43H,1-4H3. The van der Waals surface area contributed by atoms with Crippen molar-refractivity contribution in [1.29, 1.82) is 0 Å². The van der Waals surface area contributed by atoms with Crippen molar-refractivity contribution in [3.8, 4) is 5.75 Å².